The summed E-state index contributed by atoms with van der Waals surface area (Å²) in [4.78, 5) is 24.0. The third-order valence-corrected chi connectivity index (χ3v) is 3.32. The van der Waals surface area contributed by atoms with Gasteiger partial charge in [0.2, 0.25) is 0 Å². The van der Waals surface area contributed by atoms with Crippen molar-refractivity contribution < 1.29 is 9.72 Å². The van der Waals surface area contributed by atoms with Gasteiger partial charge in [0.05, 0.1) is 10.5 Å². The Balaban J connectivity index is 3.04. The molecule has 0 fully saturated rings. The van der Waals surface area contributed by atoms with Crippen molar-refractivity contribution in [3.8, 4) is 0 Å². The van der Waals surface area contributed by atoms with Crippen LogP contribution < -0.4 is 0 Å². The molecule has 0 aliphatic rings. The maximum Gasteiger partial charge on any atom is 0.270 e. The Labute approximate surface area is 119 Å². The molecule has 0 aromatic heterocycles. The van der Waals surface area contributed by atoms with Crippen molar-refractivity contribution in [1.82, 2.24) is 4.90 Å². The normalized spacial score (nSPS) is 10.5. The second kappa shape index (κ2) is 6.12. The molecule has 98 valence electrons. The van der Waals surface area contributed by atoms with Crippen molar-refractivity contribution in [2.75, 3.05) is 13.6 Å². The lowest BCUT2D eigenvalue weighted by Gasteiger charge is -2.19. The van der Waals surface area contributed by atoms with Gasteiger partial charge in [0.25, 0.3) is 11.6 Å². The molecule has 0 radical (unpaired) electrons. The maximum absolute atomic E-state index is 12.2. The molecule has 0 aliphatic carbocycles. The highest BCUT2D eigenvalue weighted by atomic mass is 127. The first-order chi connectivity index (χ1) is 8.32. The highest BCUT2D eigenvalue weighted by molar-refractivity contribution is 14.1. The average Bonchev–Trinajstić information content (AvgIpc) is 2.27. The highest BCUT2D eigenvalue weighted by Gasteiger charge is 2.19. The molecule has 0 unspecified atom stereocenters. The number of benzene rings is 1. The van der Waals surface area contributed by atoms with E-state index < -0.39 is 4.92 Å². The molecule has 1 aromatic carbocycles. The van der Waals surface area contributed by atoms with Crippen LogP contribution in [-0.4, -0.2) is 29.3 Å². The number of carbonyl (C=O) groups is 1. The topological polar surface area (TPSA) is 63.5 Å². The Morgan fingerprint density at radius 2 is 2.11 bits per heavy atom. The highest BCUT2D eigenvalue weighted by Crippen LogP contribution is 2.21. The maximum atomic E-state index is 12.2. The molecule has 18 heavy (non-hydrogen) atoms. The zero-order chi connectivity index (χ0) is 13.9. The van der Waals surface area contributed by atoms with E-state index in [-0.39, 0.29) is 11.6 Å². The molecule has 0 aliphatic heterocycles. The van der Waals surface area contributed by atoms with Crippen LogP contribution in [0.4, 0.5) is 5.69 Å². The van der Waals surface area contributed by atoms with Gasteiger partial charge in [-0.15, -0.1) is 0 Å². The number of nitrogens with zero attached hydrogens (tertiary/aromatic N) is 2. The molecule has 0 heterocycles. The summed E-state index contributed by atoms with van der Waals surface area (Å²) in [6, 6.07) is 4.33. The van der Waals surface area contributed by atoms with E-state index in [0.29, 0.717) is 18.0 Å². The van der Waals surface area contributed by atoms with Gasteiger partial charge in [0.1, 0.15) is 0 Å². The number of carbonyl (C=O) groups excluding carboxylic acids is 1. The Morgan fingerprint density at radius 3 is 2.61 bits per heavy atom. The van der Waals surface area contributed by atoms with E-state index >= 15 is 0 Å². The lowest BCUT2D eigenvalue weighted by Crippen LogP contribution is -2.30. The molecule has 6 heteroatoms. The van der Waals surface area contributed by atoms with Gasteiger partial charge < -0.3 is 4.90 Å². The van der Waals surface area contributed by atoms with Crippen molar-refractivity contribution >= 4 is 34.2 Å². The number of nitro benzene ring substituents is 1. The summed E-state index contributed by atoms with van der Waals surface area (Å²) in [5, 5.41) is 10.7. The van der Waals surface area contributed by atoms with Crippen molar-refractivity contribution in [1.29, 1.82) is 0 Å². The van der Waals surface area contributed by atoms with Crippen LogP contribution in [0.1, 0.15) is 24.2 Å². The van der Waals surface area contributed by atoms with Crippen LogP contribution in [0.2, 0.25) is 0 Å². The predicted octanol–water partition coefficient (Wildman–Crippen LogP) is 2.93. The zero-order valence-electron chi connectivity index (χ0n) is 10.5. The third kappa shape index (κ3) is 3.66. The summed E-state index contributed by atoms with van der Waals surface area (Å²) in [5.74, 6) is 0.173. The first kappa shape index (κ1) is 14.9. The lowest BCUT2D eigenvalue weighted by atomic mass is 10.1. The van der Waals surface area contributed by atoms with E-state index in [1.54, 1.807) is 18.0 Å². The lowest BCUT2D eigenvalue weighted by molar-refractivity contribution is -0.384. The predicted molar refractivity (Wildman–Crippen MR) is 77.6 cm³/mol. The molecule has 0 saturated carbocycles. The van der Waals surface area contributed by atoms with Crippen LogP contribution in [-0.2, 0) is 0 Å². The molecule has 0 spiro atoms. The Kier molecular flexibility index (Phi) is 5.06. The molecule has 5 nitrogen and oxygen atoms in total. The van der Waals surface area contributed by atoms with Crippen molar-refractivity contribution in [2.45, 2.75) is 13.8 Å². The summed E-state index contributed by atoms with van der Waals surface area (Å²) >= 11 is 2.01. The van der Waals surface area contributed by atoms with Crippen molar-refractivity contribution in [3.05, 3.63) is 37.4 Å². The number of amides is 1. The van der Waals surface area contributed by atoms with Gasteiger partial charge in [0, 0.05) is 29.3 Å². The van der Waals surface area contributed by atoms with E-state index in [0.717, 1.165) is 3.57 Å². The monoisotopic (exact) mass is 362 g/mol. The minimum Gasteiger partial charge on any atom is -0.341 e. The van der Waals surface area contributed by atoms with E-state index in [2.05, 4.69) is 0 Å². The second-order valence-corrected chi connectivity index (χ2v) is 5.66. The third-order valence-electron chi connectivity index (χ3n) is 2.38. The van der Waals surface area contributed by atoms with Crippen LogP contribution in [0.25, 0.3) is 0 Å². The van der Waals surface area contributed by atoms with E-state index in [1.165, 1.54) is 12.1 Å². The summed E-state index contributed by atoms with van der Waals surface area (Å²) in [6.45, 7) is 4.65. The summed E-state index contributed by atoms with van der Waals surface area (Å²) < 4.78 is 0.721. The minimum atomic E-state index is -0.491. The molecule has 0 bridgehead atoms. The minimum absolute atomic E-state index is 0.0586. The number of hydrogen-bond acceptors (Lipinski definition) is 3. The van der Waals surface area contributed by atoms with Gasteiger partial charge in [-0.05, 0) is 34.6 Å². The Bertz CT molecular complexity index is 474. The van der Waals surface area contributed by atoms with Gasteiger partial charge in [0.15, 0.2) is 0 Å². The molecular formula is C12H15IN2O3. The average molecular weight is 362 g/mol. The Hall–Kier alpha value is -1.18. The van der Waals surface area contributed by atoms with Gasteiger partial charge in [-0.2, -0.15) is 0 Å². The number of non-ortho nitro benzene ring substituents is 1. The van der Waals surface area contributed by atoms with Crippen LogP contribution in [0, 0.1) is 19.6 Å². The Morgan fingerprint density at radius 1 is 1.50 bits per heavy atom. The molecule has 1 amide bonds. The quantitative estimate of drug-likeness (QED) is 0.470. The standard InChI is InChI=1S/C12H15IN2O3/c1-8(2)7-14(3)12(16)10-6-9(15(17)18)4-5-11(10)13/h4-6,8H,7H2,1-3H3. The molecular weight excluding hydrogens is 347 g/mol. The molecule has 0 atom stereocenters. The van der Waals surface area contributed by atoms with E-state index in [1.807, 2.05) is 36.4 Å². The summed E-state index contributed by atoms with van der Waals surface area (Å²) in [5.41, 5.74) is 0.324. The van der Waals surface area contributed by atoms with Crippen LogP contribution >= 0.6 is 22.6 Å². The molecule has 1 aromatic rings. The zero-order valence-corrected chi connectivity index (χ0v) is 12.7. The first-order valence-electron chi connectivity index (χ1n) is 5.52. The fourth-order valence-corrected chi connectivity index (χ4v) is 2.19. The smallest absolute Gasteiger partial charge is 0.270 e. The van der Waals surface area contributed by atoms with Gasteiger partial charge in [-0.1, -0.05) is 13.8 Å². The largest absolute Gasteiger partial charge is 0.341 e. The van der Waals surface area contributed by atoms with Crippen LogP contribution in [0.5, 0.6) is 0 Å². The fraction of sp³-hybridized carbons (Fsp3) is 0.417. The second-order valence-electron chi connectivity index (χ2n) is 4.50. The number of nitro groups is 1. The fourth-order valence-electron chi connectivity index (χ4n) is 1.63. The van der Waals surface area contributed by atoms with Crippen molar-refractivity contribution in [3.63, 3.8) is 0 Å². The van der Waals surface area contributed by atoms with Crippen LogP contribution in [0.15, 0.2) is 18.2 Å². The van der Waals surface area contributed by atoms with E-state index in [4.69, 9.17) is 0 Å². The first-order valence-corrected chi connectivity index (χ1v) is 6.60. The number of rotatable bonds is 4. The van der Waals surface area contributed by atoms with E-state index in [9.17, 15) is 14.9 Å². The van der Waals surface area contributed by atoms with Gasteiger partial charge >= 0.3 is 0 Å². The van der Waals surface area contributed by atoms with Gasteiger partial charge in [-0.25, -0.2) is 0 Å². The van der Waals surface area contributed by atoms with Crippen molar-refractivity contribution in [2.24, 2.45) is 5.92 Å². The molecule has 0 N–H and O–H groups in total. The van der Waals surface area contributed by atoms with Crippen LogP contribution in [0.3, 0.4) is 0 Å². The van der Waals surface area contributed by atoms with Gasteiger partial charge in [-0.3, -0.25) is 14.9 Å². The number of hydrogen-bond donors (Lipinski definition) is 0. The summed E-state index contributed by atoms with van der Waals surface area (Å²) in [6.07, 6.45) is 0. The summed E-state index contributed by atoms with van der Waals surface area (Å²) in [7, 11) is 1.71. The SMILES string of the molecule is CC(C)CN(C)C(=O)c1cc([N+](=O)[O-])ccc1I. The number of halogens is 1. The molecule has 1 rings (SSSR count). The molecule has 0 saturated heterocycles.